The van der Waals surface area contributed by atoms with Crippen molar-refractivity contribution in [2.75, 3.05) is 0 Å². The van der Waals surface area contributed by atoms with Gasteiger partial charge >= 0.3 is 56.0 Å². The summed E-state index contributed by atoms with van der Waals surface area (Å²) in [4.78, 5) is 15.4. The van der Waals surface area contributed by atoms with Crippen LogP contribution in [0.15, 0.2) is 0 Å². The van der Waals surface area contributed by atoms with E-state index in [1.165, 1.54) is 0 Å². The molecule has 0 rings (SSSR count). The number of hydrogen-bond donors (Lipinski definition) is 3. The van der Waals surface area contributed by atoms with E-state index in [2.05, 4.69) is 3.97 Å². The Morgan fingerprint density at radius 1 is 1.25 bits per heavy atom. The van der Waals surface area contributed by atoms with Gasteiger partial charge in [0.05, 0.1) is 0 Å². The topological polar surface area (TPSA) is 184 Å². The Bertz CT molecular complexity index is 229. The molecule has 0 aliphatic heterocycles. The average molecular weight is 256 g/mol. The molecule has 0 unspecified atom stereocenters. The van der Waals surface area contributed by atoms with E-state index in [4.69, 9.17) is 14.3 Å². The van der Waals surface area contributed by atoms with E-state index >= 15 is 0 Å². The van der Waals surface area contributed by atoms with Crippen LogP contribution >= 0.6 is 7.82 Å². The molecule has 0 atom stereocenters. The van der Waals surface area contributed by atoms with Crippen molar-refractivity contribution < 1.29 is 45.1 Å². The molecule has 0 bridgehead atoms. The monoisotopic (exact) mass is 256 g/mol. The summed E-state index contributed by atoms with van der Waals surface area (Å²) >= 11 is 0. The minimum Gasteiger partial charge on any atom is -1.00 e. The third-order valence-corrected chi connectivity index (χ3v) is 1.72. The third-order valence-electron chi connectivity index (χ3n) is 0.191. The second kappa shape index (κ2) is 7.59. The second-order valence-electron chi connectivity index (χ2n) is 0.993. The van der Waals surface area contributed by atoms with Crippen LogP contribution in [-0.4, -0.2) is 71.4 Å². The van der Waals surface area contributed by atoms with E-state index in [1.54, 1.807) is 0 Å². The van der Waals surface area contributed by atoms with Crippen LogP contribution in [0.5, 0.6) is 0 Å². The fraction of sp³-hybridized carbons (Fsp3) is 0. The Hall–Kier alpha value is 1.20. The summed E-state index contributed by atoms with van der Waals surface area (Å²) in [5.41, 5.74) is 0. The summed E-state index contributed by atoms with van der Waals surface area (Å²) in [7, 11) is -10.2. The smallest absolute Gasteiger partial charge is 1.00 e. The molecule has 0 aromatic rings. The Kier molecular flexibility index (Phi) is 14.7. The molecule has 0 fully saturated rings. The second-order valence-corrected chi connectivity index (χ2v) is 3.43. The van der Waals surface area contributed by atoms with Gasteiger partial charge in [0, 0.05) is 0 Å². The summed E-state index contributed by atoms with van der Waals surface area (Å²) in [5, 5.41) is 0. The van der Waals surface area contributed by atoms with E-state index in [0.717, 1.165) is 0 Å². The minimum atomic E-state index is -5.13. The fourth-order valence-corrected chi connectivity index (χ4v) is 1.10. The molecule has 7 N–H and O–H groups in total. The van der Waals surface area contributed by atoms with E-state index in [9.17, 15) is 13.0 Å². The van der Waals surface area contributed by atoms with Gasteiger partial charge in [-0.15, -0.1) is 3.97 Å². The quantitative estimate of drug-likeness (QED) is 0.268. The van der Waals surface area contributed by atoms with Gasteiger partial charge in [0.15, 0.2) is 0 Å². The third kappa shape index (κ3) is 22.5. The van der Waals surface area contributed by atoms with Crippen LogP contribution in [0, 0.1) is 0 Å². The number of hydrogen-bond acceptors (Lipinski definition) is 4. The predicted molar refractivity (Wildman–Crippen MR) is 39.9 cm³/mol. The summed E-state index contributed by atoms with van der Waals surface area (Å²) in [5.74, 6) is 0. The first-order chi connectivity index (χ1) is 3.71. The molecule has 12 heteroatoms. The van der Waals surface area contributed by atoms with Gasteiger partial charge in [0.25, 0.3) is 0 Å². The fourth-order valence-electron chi connectivity index (χ4n) is 0.123. The van der Waals surface area contributed by atoms with Gasteiger partial charge in [-0.3, -0.25) is 4.55 Å². The van der Waals surface area contributed by atoms with Crippen LogP contribution < -0.4 is 0 Å². The molecule has 0 aliphatic carbocycles. The summed E-state index contributed by atoms with van der Waals surface area (Å²) in [6, 6.07) is 0. The van der Waals surface area contributed by atoms with E-state index in [0.29, 0.717) is 0 Å². The zero-order valence-corrected chi connectivity index (χ0v) is 9.46. The van der Waals surface area contributed by atoms with Gasteiger partial charge in [-0.2, -0.15) is 8.42 Å². The van der Waals surface area contributed by atoms with Crippen LogP contribution in [0.1, 0.15) is 2.85 Å². The molecule has 12 heavy (non-hydrogen) atoms. The van der Waals surface area contributed by atoms with E-state index in [-0.39, 0.29) is 51.5 Å². The number of rotatable bonds is 2. The van der Waals surface area contributed by atoms with Gasteiger partial charge in [-0.1, -0.05) is 0 Å². The maximum absolute atomic E-state index is 9.58. The van der Waals surface area contributed by atoms with Crippen LogP contribution in [0.3, 0.4) is 0 Å². The zero-order valence-electron chi connectivity index (χ0n) is 7.54. The normalized spacial score (nSPS) is 10.2. The predicted octanol–water partition coefficient (Wildman–Crippen LogP) is -2.91. The molecule has 0 spiro atoms. The van der Waals surface area contributed by atoms with Gasteiger partial charge in [-0.05, 0) is 0 Å². The molecule has 0 aromatic carbocycles. The first-order valence-corrected chi connectivity index (χ1v) is 4.34. The first kappa shape index (κ1) is 23.2. The zero-order chi connectivity index (χ0) is 7.71. The van der Waals surface area contributed by atoms with Crippen molar-refractivity contribution in [3.8, 4) is 0 Å². The molecule has 0 aromatic heterocycles. The van der Waals surface area contributed by atoms with Crippen LogP contribution in [0.4, 0.5) is 0 Å². The molecule has 0 heterocycles. The summed E-state index contributed by atoms with van der Waals surface area (Å²) in [6.45, 7) is 0. The Labute approximate surface area is 101 Å². The molecule has 0 saturated carbocycles. The van der Waals surface area contributed by atoms with Crippen LogP contribution in [0.2, 0.25) is 0 Å². The summed E-state index contributed by atoms with van der Waals surface area (Å²) in [6.07, 6.45) is 0. The van der Waals surface area contributed by atoms with Crippen molar-refractivity contribution in [1.29, 1.82) is 0 Å². The van der Waals surface area contributed by atoms with Crippen LogP contribution in [-0.2, 0) is 18.9 Å². The van der Waals surface area contributed by atoms with Crippen molar-refractivity contribution >= 4 is 56.0 Å². The van der Waals surface area contributed by atoms with Crippen molar-refractivity contribution in [2.45, 2.75) is 0 Å². The van der Waals surface area contributed by atoms with Crippen molar-refractivity contribution in [3.05, 3.63) is 0 Å². The van der Waals surface area contributed by atoms with Gasteiger partial charge in [0.1, 0.15) is 0 Å². The van der Waals surface area contributed by atoms with Gasteiger partial charge in [0.2, 0.25) is 0 Å². The molecule has 0 radical (unpaired) electrons. The molecule has 0 saturated heterocycles. The molecular weight excluding hydrogens is 247 g/mol. The molecule has 9 nitrogen and oxygen atoms in total. The van der Waals surface area contributed by atoms with Gasteiger partial charge in [-0.25, -0.2) is 4.57 Å². The van der Waals surface area contributed by atoms with E-state index in [1.807, 2.05) is 0 Å². The molecule has 0 amide bonds. The largest absolute Gasteiger partial charge is 2.00 e. The van der Waals surface area contributed by atoms with Crippen LogP contribution in [0.25, 0.3) is 0 Å². The Morgan fingerprint density at radius 3 is 1.50 bits per heavy atom. The maximum Gasteiger partial charge on any atom is 2.00 e. The maximum atomic E-state index is 9.58. The minimum absolute atomic E-state index is 0. The number of phosphoric acid groups is 1. The summed E-state index contributed by atoms with van der Waals surface area (Å²) < 4.78 is 39.0. The standard InChI is InChI=1S/Ca.H3O7PS.2H2O.2H/c;1-8(2,3)7-9(4,5)6;;;;/h;(H2,1,2,3)(H,4,5,6);2*1H2;;/q+2;;;;2*-1. The van der Waals surface area contributed by atoms with Crippen molar-refractivity contribution in [3.63, 3.8) is 0 Å². The van der Waals surface area contributed by atoms with Gasteiger partial charge < -0.3 is 23.6 Å². The Morgan fingerprint density at radius 2 is 1.50 bits per heavy atom. The Balaban J connectivity index is -0.0000000320. The van der Waals surface area contributed by atoms with Crippen molar-refractivity contribution in [2.24, 2.45) is 0 Å². The first-order valence-electron chi connectivity index (χ1n) is 1.45. The van der Waals surface area contributed by atoms with E-state index < -0.39 is 18.2 Å². The molecular formula is H9CaO9PS. The van der Waals surface area contributed by atoms with Crippen molar-refractivity contribution in [1.82, 2.24) is 0 Å². The molecule has 0 aliphatic rings. The average Bonchev–Trinajstić information content (AvgIpc) is 1.14. The SMILES string of the molecule is O.O.O=P(O)(O)OS(=O)(=O)O.[Ca+2].[H-].[H-]. The molecule has 76 valence electrons.